The van der Waals surface area contributed by atoms with Crippen LogP contribution < -0.4 is 5.32 Å². The minimum atomic E-state index is -0.983. The van der Waals surface area contributed by atoms with Crippen LogP contribution in [0.2, 0.25) is 0 Å². The smallest absolute Gasteiger partial charge is 0.335 e. The number of hydrogen-bond acceptors (Lipinski definition) is 3. The predicted molar refractivity (Wildman–Crippen MR) is 87.5 cm³/mol. The van der Waals surface area contributed by atoms with E-state index < -0.39 is 5.97 Å². The lowest BCUT2D eigenvalue weighted by Crippen LogP contribution is -2.15. The van der Waals surface area contributed by atoms with Gasteiger partial charge >= 0.3 is 5.97 Å². The van der Waals surface area contributed by atoms with Gasteiger partial charge in [0.15, 0.2) is 0 Å². The predicted octanol–water partition coefficient (Wildman–Crippen LogP) is 3.11. The number of carbonyl (C=O) groups is 2. The number of amides is 1. The van der Waals surface area contributed by atoms with Crippen LogP contribution in [0.1, 0.15) is 15.9 Å². The zero-order chi connectivity index (χ0) is 16.2. The molecule has 0 atom stereocenters. The molecule has 0 aliphatic carbocycles. The van der Waals surface area contributed by atoms with Crippen molar-refractivity contribution >= 4 is 28.5 Å². The second-order valence-corrected chi connectivity index (χ2v) is 5.11. The molecule has 1 aromatic heterocycles. The van der Waals surface area contributed by atoms with E-state index in [1.807, 2.05) is 24.3 Å². The van der Waals surface area contributed by atoms with E-state index in [9.17, 15) is 9.59 Å². The van der Waals surface area contributed by atoms with E-state index in [1.165, 1.54) is 12.1 Å². The first-order chi connectivity index (χ1) is 11.1. The lowest BCUT2D eigenvalue weighted by atomic mass is 10.1. The summed E-state index contributed by atoms with van der Waals surface area (Å²) in [4.78, 5) is 27.3. The van der Waals surface area contributed by atoms with E-state index >= 15 is 0 Å². The summed E-state index contributed by atoms with van der Waals surface area (Å²) in [6.45, 7) is 0. The summed E-state index contributed by atoms with van der Waals surface area (Å²) in [6.07, 6.45) is 1.85. The van der Waals surface area contributed by atoms with Crippen molar-refractivity contribution in [3.05, 3.63) is 71.9 Å². The van der Waals surface area contributed by atoms with Crippen LogP contribution in [0.5, 0.6) is 0 Å². The molecule has 23 heavy (non-hydrogen) atoms. The molecule has 0 bridgehead atoms. The molecule has 1 heterocycles. The molecule has 114 valence electrons. The van der Waals surface area contributed by atoms with Gasteiger partial charge in [-0.25, -0.2) is 4.79 Å². The van der Waals surface area contributed by atoms with Gasteiger partial charge < -0.3 is 10.4 Å². The zero-order valence-corrected chi connectivity index (χ0v) is 12.2. The van der Waals surface area contributed by atoms with Crippen molar-refractivity contribution in [2.75, 3.05) is 5.32 Å². The van der Waals surface area contributed by atoms with Crippen LogP contribution >= 0.6 is 0 Å². The van der Waals surface area contributed by atoms with Crippen LogP contribution in [0.4, 0.5) is 5.69 Å². The van der Waals surface area contributed by atoms with Crippen LogP contribution in [-0.4, -0.2) is 22.0 Å². The maximum atomic E-state index is 12.2. The first-order valence-corrected chi connectivity index (χ1v) is 7.09. The number of carboxylic acids is 1. The molecule has 0 aliphatic heterocycles. The lowest BCUT2D eigenvalue weighted by Gasteiger charge is -2.08. The number of nitrogens with zero attached hydrogens (tertiary/aromatic N) is 1. The van der Waals surface area contributed by atoms with E-state index in [2.05, 4.69) is 10.3 Å². The van der Waals surface area contributed by atoms with Gasteiger partial charge in [-0.2, -0.15) is 0 Å². The van der Waals surface area contributed by atoms with Gasteiger partial charge in [-0.05, 0) is 29.8 Å². The first-order valence-electron chi connectivity index (χ1n) is 7.09. The van der Waals surface area contributed by atoms with Gasteiger partial charge in [-0.15, -0.1) is 0 Å². The SMILES string of the molecule is O=C(Cc1ccc(C(=O)O)cc1)Nc1cccc2cccnc12. The van der Waals surface area contributed by atoms with Gasteiger partial charge in [0.25, 0.3) is 0 Å². The molecular weight excluding hydrogens is 292 g/mol. The number of nitrogens with one attached hydrogen (secondary N) is 1. The number of benzene rings is 2. The number of carbonyl (C=O) groups excluding carboxylic acids is 1. The Labute approximate surface area is 132 Å². The number of aromatic carboxylic acids is 1. The van der Waals surface area contributed by atoms with E-state index in [-0.39, 0.29) is 17.9 Å². The molecule has 3 rings (SSSR count). The van der Waals surface area contributed by atoms with E-state index in [0.717, 1.165) is 16.5 Å². The number of para-hydroxylation sites is 1. The minimum Gasteiger partial charge on any atom is -0.478 e. The van der Waals surface area contributed by atoms with Crippen molar-refractivity contribution in [2.45, 2.75) is 6.42 Å². The van der Waals surface area contributed by atoms with Gasteiger partial charge in [0, 0.05) is 11.6 Å². The fourth-order valence-corrected chi connectivity index (χ4v) is 2.35. The number of aromatic nitrogens is 1. The second kappa shape index (κ2) is 6.27. The summed E-state index contributed by atoms with van der Waals surface area (Å²) >= 11 is 0. The minimum absolute atomic E-state index is 0.170. The van der Waals surface area contributed by atoms with Crippen LogP contribution in [0.25, 0.3) is 10.9 Å². The summed E-state index contributed by atoms with van der Waals surface area (Å²) in [5.74, 6) is -1.16. The third kappa shape index (κ3) is 3.35. The number of carboxylic acid groups (broad SMARTS) is 1. The van der Waals surface area contributed by atoms with Crippen LogP contribution in [0.15, 0.2) is 60.8 Å². The molecule has 3 aromatic rings. The summed E-state index contributed by atoms with van der Waals surface area (Å²) in [7, 11) is 0. The average molecular weight is 306 g/mol. The molecule has 2 N–H and O–H groups in total. The van der Waals surface area contributed by atoms with E-state index in [1.54, 1.807) is 24.4 Å². The zero-order valence-electron chi connectivity index (χ0n) is 12.2. The average Bonchev–Trinajstić information content (AvgIpc) is 2.55. The molecular formula is C18H14N2O3. The Balaban J connectivity index is 1.75. The van der Waals surface area contributed by atoms with Crippen molar-refractivity contribution in [1.29, 1.82) is 0 Å². The van der Waals surface area contributed by atoms with Crippen LogP contribution in [0, 0.1) is 0 Å². The summed E-state index contributed by atoms with van der Waals surface area (Å²) in [6, 6.07) is 15.6. The van der Waals surface area contributed by atoms with Crippen LogP contribution in [0.3, 0.4) is 0 Å². The molecule has 0 saturated heterocycles. The lowest BCUT2D eigenvalue weighted by molar-refractivity contribution is -0.115. The van der Waals surface area contributed by atoms with Gasteiger partial charge in [0.1, 0.15) is 0 Å². The Morgan fingerprint density at radius 1 is 1.00 bits per heavy atom. The molecule has 0 fully saturated rings. The maximum absolute atomic E-state index is 12.2. The molecule has 0 aliphatic rings. The van der Waals surface area contributed by atoms with Crippen molar-refractivity contribution < 1.29 is 14.7 Å². The maximum Gasteiger partial charge on any atom is 0.335 e. The summed E-state index contributed by atoms with van der Waals surface area (Å²) in [5, 5.41) is 12.7. The Morgan fingerprint density at radius 3 is 2.48 bits per heavy atom. The monoisotopic (exact) mass is 306 g/mol. The second-order valence-electron chi connectivity index (χ2n) is 5.11. The molecule has 0 spiro atoms. The Morgan fingerprint density at radius 2 is 1.74 bits per heavy atom. The first kappa shape index (κ1) is 14.7. The van der Waals surface area contributed by atoms with Crippen molar-refractivity contribution in [2.24, 2.45) is 0 Å². The number of hydrogen-bond donors (Lipinski definition) is 2. The Bertz CT molecular complexity index is 868. The van der Waals surface area contributed by atoms with Gasteiger partial charge in [0.05, 0.1) is 23.2 Å². The molecule has 0 saturated carbocycles. The number of anilines is 1. The third-order valence-corrected chi connectivity index (χ3v) is 3.47. The van der Waals surface area contributed by atoms with Gasteiger partial charge in [0.2, 0.25) is 5.91 Å². The Hall–Kier alpha value is -3.21. The summed E-state index contributed by atoms with van der Waals surface area (Å²) < 4.78 is 0. The molecule has 1 amide bonds. The van der Waals surface area contributed by atoms with Crippen molar-refractivity contribution in [3.8, 4) is 0 Å². The quantitative estimate of drug-likeness (QED) is 0.776. The Kier molecular flexibility index (Phi) is 4.01. The van der Waals surface area contributed by atoms with Crippen LogP contribution in [-0.2, 0) is 11.2 Å². The molecule has 5 heteroatoms. The van der Waals surface area contributed by atoms with Crippen molar-refractivity contribution in [3.63, 3.8) is 0 Å². The molecule has 0 unspecified atom stereocenters. The highest BCUT2D eigenvalue weighted by Crippen LogP contribution is 2.20. The number of fused-ring (bicyclic) bond motifs is 1. The topological polar surface area (TPSA) is 79.3 Å². The molecule has 0 radical (unpaired) electrons. The number of rotatable bonds is 4. The normalized spacial score (nSPS) is 10.4. The third-order valence-electron chi connectivity index (χ3n) is 3.47. The highest BCUT2D eigenvalue weighted by Gasteiger charge is 2.08. The van der Waals surface area contributed by atoms with Gasteiger partial charge in [-0.3, -0.25) is 9.78 Å². The van der Waals surface area contributed by atoms with Crippen molar-refractivity contribution in [1.82, 2.24) is 4.98 Å². The van der Waals surface area contributed by atoms with Gasteiger partial charge in [-0.1, -0.05) is 30.3 Å². The number of pyridine rings is 1. The van der Waals surface area contributed by atoms with E-state index in [4.69, 9.17) is 5.11 Å². The highest BCUT2D eigenvalue weighted by atomic mass is 16.4. The highest BCUT2D eigenvalue weighted by molar-refractivity contribution is 6.00. The molecule has 2 aromatic carbocycles. The largest absolute Gasteiger partial charge is 0.478 e. The summed E-state index contributed by atoms with van der Waals surface area (Å²) in [5.41, 5.74) is 2.35. The fourth-order valence-electron chi connectivity index (χ4n) is 2.35. The fraction of sp³-hybridized carbons (Fsp3) is 0.0556. The standard InChI is InChI=1S/C18H14N2O3/c21-16(11-12-6-8-14(9-7-12)18(22)23)20-15-5-1-3-13-4-2-10-19-17(13)15/h1-10H,11H2,(H,20,21)(H,22,23). The van der Waals surface area contributed by atoms with E-state index in [0.29, 0.717) is 5.69 Å². The molecule has 5 nitrogen and oxygen atoms in total.